The monoisotopic (exact) mass is 796 g/mol. The summed E-state index contributed by atoms with van der Waals surface area (Å²) in [5, 5.41) is 19.1. The molecule has 59 heavy (non-hydrogen) atoms. The molecule has 5 aromatic carbocycles. The first kappa shape index (κ1) is 42.5. The van der Waals surface area contributed by atoms with Gasteiger partial charge in [-0.15, -0.1) is 0 Å². The molecule has 1 fully saturated rings. The van der Waals surface area contributed by atoms with Gasteiger partial charge >= 0.3 is 0 Å². The third-order valence-corrected chi connectivity index (χ3v) is 11.2. The summed E-state index contributed by atoms with van der Waals surface area (Å²) in [5.74, 6) is -2.76. The summed E-state index contributed by atoms with van der Waals surface area (Å²) in [6.07, 6.45) is 4.63. The highest BCUT2D eigenvalue weighted by molar-refractivity contribution is 5.96. The van der Waals surface area contributed by atoms with Gasteiger partial charge in [0.05, 0.1) is 0 Å². The Balaban J connectivity index is 1.29. The van der Waals surface area contributed by atoms with Gasteiger partial charge in [0.25, 0.3) is 0 Å². The van der Waals surface area contributed by atoms with Crippen molar-refractivity contribution in [3.8, 4) is 0 Å². The highest BCUT2D eigenvalue weighted by atomic mass is 16.2. The SMILES string of the molecule is CCCCCC(NC(=O)C(Cc1ccccc1)NC(=O)C(Cc1ccc2ccccc2c1)NC(=O)C(Cc1ccc2ccccc2c1)NC(=O)C1CCNCC1)C(N)=O. The van der Waals surface area contributed by atoms with E-state index in [1.807, 2.05) is 122 Å². The Bertz CT molecular complexity index is 2220. The van der Waals surface area contributed by atoms with Crippen molar-refractivity contribution < 1.29 is 24.0 Å². The quantitative estimate of drug-likeness (QED) is 0.0641. The highest BCUT2D eigenvalue weighted by Gasteiger charge is 2.33. The van der Waals surface area contributed by atoms with Crippen molar-refractivity contribution in [2.45, 2.75) is 88.9 Å². The number of hydrogen-bond acceptors (Lipinski definition) is 6. The Morgan fingerprint density at radius 1 is 0.559 bits per heavy atom. The number of carbonyl (C=O) groups is 5. The van der Waals surface area contributed by atoms with Crippen LogP contribution in [0.5, 0.6) is 0 Å². The number of nitrogens with two attached hydrogens (primary N) is 1. The van der Waals surface area contributed by atoms with Gasteiger partial charge < -0.3 is 32.3 Å². The van der Waals surface area contributed by atoms with Gasteiger partial charge in [-0.2, -0.15) is 0 Å². The molecule has 11 nitrogen and oxygen atoms in total. The molecular formula is C48H56N6O5. The predicted octanol–water partition coefficient (Wildman–Crippen LogP) is 5.03. The van der Waals surface area contributed by atoms with Crippen LogP contribution in [-0.4, -0.2) is 66.8 Å². The van der Waals surface area contributed by atoms with E-state index in [1.54, 1.807) is 0 Å². The van der Waals surface area contributed by atoms with Crippen LogP contribution in [0.1, 0.15) is 62.1 Å². The molecule has 6 rings (SSSR count). The van der Waals surface area contributed by atoms with Gasteiger partial charge in [-0.1, -0.05) is 141 Å². The molecule has 4 unspecified atom stereocenters. The maximum Gasteiger partial charge on any atom is 0.243 e. The van der Waals surface area contributed by atoms with E-state index >= 15 is 0 Å². The summed E-state index contributed by atoms with van der Waals surface area (Å²) in [6.45, 7) is 3.47. The van der Waals surface area contributed by atoms with Crippen LogP contribution in [0.4, 0.5) is 0 Å². The maximum atomic E-state index is 14.6. The number of benzene rings is 5. The lowest BCUT2D eigenvalue weighted by atomic mass is 9.95. The molecule has 11 heteroatoms. The first-order chi connectivity index (χ1) is 28.7. The van der Waals surface area contributed by atoms with E-state index in [4.69, 9.17) is 5.73 Å². The fourth-order valence-corrected chi connectivity index (χ4v) is 7.76. The van der Waals surface area contributed by atoms with Crippen LogP contribution in [0.2, 0.25) is 0 Å². The number of carbonyl (C=O) groups excluding carboxylic acids is 5. The lowest BCUT2D eigenvalue weighted by molar-refractivity contribution is -0.135. The van der Waals surface area contributed by atoms with E-state index < -0.39 is 47.8 Å². The van der Waals surface area contributed by atoms with Crippen molar-refractivity contribution in [1.82, 2.24) is 26.6 Å². The van der Waals surface area contributed by atoms with Gasteiger partial charge in [-0.05, 0) is 70.6 Å². The molecular weight excluding hydrogens is 741 g/mol. The minimum Gasteiger partial charge on any atom is -0.368 e. The topological polar surface area (TPSA) is 172 Å². The molecule has 4 atom stereocenters. The number of piperidine rings is 1. The number of rotatable bonds is 19. The second kappa shape index (κ2) is 21.1. The standard InChI is InChI=1S/C48H56N6O5/c1-2-3-5-18-40(44(49)55)51-46(57)41(29-32-12-6-4-7-13-32)53-48(59)43(31-34-20-22-36-15-9-11-17-39(36)28-34)54-47(58)42(52-45(56)37-23-25-50-26-24-37)30-33-19-21-35-14-8-10-16-38(35)27-33/h4,6-17,19-22,27-28,37,40-43,50H,2-3,5,18,23-26,29-31H2,1H3,(H2,49,55)(H,51,57)(H,52,56)(H,53,59)(H,54,58). The number of hydrogen-bond donors (Lipinski definition) is 6. The lowest BCUT2D eigenvalue weighted by Gasteiger charge is -2.28. The van der Waals surface area contributed by atoms with Gasteiger partial charge in [0.1, 0.15) is 24.2 Å². The first-order valence-electron chi connectivity index (χ1n) is 20.9. The van der Waals surface area contributed by atoms with Crippen LogP contribution in [0.3, 0.4) is 0 Å². The van der Waals surface area contributed by atoms with E-state index in [-0.39, 0.29) is 31.1 Å². The molecule has 0 radical (unpaired) electrons. The summed E-state index contributed by atoms with van der Waals surface area (Å²) in [6, 6.07) is 32.8. The highest BCUT2D eigenvalue weighted by Crippen LogP contribution is 2.20. The fraction of sp³-hybridized carbons (Fsp3) is 0.354. The average Bonchev–Trinajstić information content (AvgIpc) is 3.25. The van der Waals surface area contributed by atoms with Crippen LogP contribution in [0.15, 0.2) is 115 Å². The van der Waals surface area contributed by atoms with E-state index in [9.17, 15) is 24.0 Å². The molecule has 1 heterocycles. The van der Waals surface area contributed by atoms with E-state index in [0.717, 1.165) is 51.1 Å². The van der Waals surface area contributed by atoms with Crippen molar-refractivity contribution in [3.63, 3.8) is 0 Å². The smallest absolute Gasteiger partial charge is 0.243 e. The minimum absolute atomic E-state index is 0.105. The lowest BCUT2D eigenvalue weighted by Crippen LogP contribution is -2.59. The Morgan fingerprint density at radius 3 is 1.53 bits per heavy atom. The molecule has 0 saturated carbocycles. The number of nitrogens with one attached hydrogen (secondary N) is 5. The molecule has 7 N–H and O–H groups in total. The summed E-state index contributed by atoms with van der Waals surface area (Å²) in [7, 11) is 0. The fourth-order valence-electron chi connectivity index (χ4n) is 7.76. The number of primary amides is 1. The maximum absolute atomic E-state index is 14.6. The van der Waals surface area contributed by atoms with E-state index in [0.29, 0.717) is 38.8 Å². The summed E-state index contributed by atoms with van der Waals surface area (Å²) < 4.78 is 0. The normalized spacial score (nSPS) is 15.1. The summed E-state index contributed by atoms with van der Waals surface area (Å²) in [4.78, 5) is 69.2. The molecule has 1 aliphatic rings. The predicted molar refractivity (Wildman–Crippen MR) is 232 cm³/mol. The van der Waals surface area contributed by atoms with E-state index in [1.165, 1.54) is 0 Å². The molecule has 0 aromatic heterocycles. The molecule has 0 aliphatic carbocycles. The van der Waals surface area contributed by atoms with Gasteiger partial charge in [-0.25, -0.2) is 0 Å². The van der Waals surface area contributed by atoms with Crippen molar-refractivity contribution in [2.75, 3.05) is 13.1 Å². The van der Waals surface area contributed by atoms with E-state index in [2.05, 4.69) is 26.6 Å². The second-order valence-electron chi connectivity index (χ2n) is 15.6. The molecule has 0 bridgehead atoms. The molecule has 5 aromatic rings. The van der Waals surface area contributed by atoms with Crippen LogP contribution in [-0.2, 0) is 43.2 Å². The number of unbranched alkanes of at least 4 members (excludes halogenated alkanes) is 2. The Kier molecular flexibility index (Phi) is 15.2. The third kappa shape index (κ3) is 12.2. The number of fused-ring (bicyclic) bond motifs is 2. The Morgan fingerprint density at radius 2 is 1.02 bits per heavy atom. The number of amides is 5. The zero-order valence-electron chi connectivity index (χ0n) is 33.8. The van der Waals surface area contributed by atoms with Crippen molar-refractivity contribution in [3.05, 3.63) is 132 Å². The second-order valence-corrected chi connectivity index (χ2v) is 15.6. The Hall–Kier alpha value is -6.07. The van der Waals surface area contributed by atoms with Gasteiger partial charge in [0.15, 0.2) is 0 Å². The van der Waals surface area contributed by atoms with Crippen LogP contribution in [0.25, 0.3) is 21.5 Å². The van der Waals surface area contributed by atoms with Gasteiger partial charge in [0.2, 0.25) is 29.5 Å². The Labute approximate surface area is 346 Å². The third-order valence-electron chi connectivity index (χ3n) is 11.2. The van der Waals surface area contributed by atoms with Crippen molar-refractivity contribution >= 4 is 51.1 Å². The molecule has 1 aliphatic heterocycles. The van der Waals surface area contributed by atoms with Crippen LogP contribution in [0, 0.1) is 5.92 Å². The zero-order valence-corrected chi connectivity index (χ0v) is 33.8. The zero-order chi connectivity index (χ0) is 41.6. The van der Waals surface area contributed by atoms with Gasteiger partial charge in [-0.3, -0.25) is 24.0 Å². The van der Waals surface area contributed by atoms with Crippen LogP contribution >= 0.6 is 0 Å². The minimum atomic E-state index is -1.14. The van der Waals surface area contributed by atoms with Gasteiger partial charge in [0, 0.05) is 25.2 Å². The summed E-state index contributed by atoms with van der Waals surface area (Å²) in [5.41, 5.74) is 8.16. The van der Waals surface area contributed by atoms with Crippen LogP contribution < -0.4 is 32.3 Å². The molecule has 5 amide bonds. The molecule has 308 valence electrons. The molecule has 0 spiro atoms. The van der Waals surface area contributed by atoms with Crippen molar-refractivity contribution in [1.29, 1.82) is 0 Å². The molecule has 1 saturated heterocycles. The largest absolute Gasteiger partial charge is 0.368 e. The van der Waals surface area contributed by atoms with Crippen molar-refractivity contribution in [2.24, 2.45) is 11.7 Å². The first-order valence-corrected chi connectivity index (χ1v) is 20.9. The average molecular weight is 797 g/mol. The summed E-state index contributed by atoms with van der Waals surface area (Å²) >= 11 is 0.